The van der Waals surface area contributed by atoms with Crippen molar-refractivity contribution in [2.24, 2.45) is 0 Å². The van der Waals surface area contributed by atoms with Crippen LogP contribution in [0.3, 0.4) is 0 Å². The summed E-state index contributed by atoms with van der Waals surface area (Å²) < 4.78 is 6.30. The van der Waals surface area contributed by atoms with Crippen LogP contribution in [0.1, 0.15) is 0 Å². The minimum absolute atomic E-state index is 0.0459. The molecule has 0 bridgehead atoms. The van der Waals surface area contributed by atoms with E-state index in [9.17, 15) is 10.1 Å². The molecule has 108 valence electrons. The molecule has 0 aliphatic carbocycles. The maximum atomic E-state index is 10.8. The van der Waals surface area contributed by atoms with E-state index in [-0.39, 0.29) is 5.69 Å². The van der Waals surface area contributed by atoms with Crippen molar-refractivity contribution in [2.45, 2.75) is 0 Å². The molecule has 7 nitrogen and oxygen atoms in total. The second kappa shape index (κ2) is 4.78. The van der Waals surface area contributed by atoms with E-state index >= 15 is 0 Å². The average molecular weight is 312 g/mol. The van der Waals surface area contributed by atoms with E-state index < -0.39 is 4.92 Å². The van der Waals surface area contributed by atoms with Crippen molar-refractivity contribution in [3.63, 3.8) is 0 Å². The molecule has 8 heteroatoms. The summed E-state index contributed by atoms with van der Waals surface area (Å²) in [5, 5.41) is 14.4. The lowest BCUT2D eigenvalue weighted by Crippen LogP contribution is -1.88. The Morgan fingerprint density at radius 2 is 2.00 bits per heavy atom. The normalized spacial score (nSPS) is 11.1. The second-order valence-corrected chi connectivity index (χ2v) is 5.57. The fourth-order valence-corrected chi connectivity index (χ4v) is 2.99. The van der Waals surface area contributed by atoms with E-state index in [1.807, 2.05) is 24.3 Å². The van der Waals surface area contributed by atoms with Crippen LogP contribution in [-0.2, 0) is 0 Å². The smallest absolute Gasteiger partial charge is 0.302 e. The van der Waals surface area contributed by atoms with Crippen LogP contribution in [0.15, 0.2) is 46.9 Å². The molecule has 0 spiro atoms. The molecule has 22 heavy (non-hydrogen) atoms. The maximum absolute atomic E-state index is 10.8. The van der Waals surface area contributed by atoms with Gasteiger partial charge in [0, 0.05) is 12.1 Å². The molecule has 0 aliphatic heterocycles. The summed E-state index contributed by atoms with van der Waals surface area (Å²) in [5.74, 6) is 0. The van der Waals surface area contributed by atoms with Gasteiger partial charge in [0.15, 0.2) is 10.7 Å². The van der Waals surface area contributed by atoms with Gasteiger partial charge in [0.25, 0.3) is 5.69 Å². The monoisotopic (exact) mass is 312 g/mol. The average Bonchev–Trinajstić information content (AvgIpc) is 3.08. The van der Waals surface area contributed by atoms with Crippen LogP contribution >= 0.6 is 11.3 Å². The van der Waals surface area contributed by atoms with Crippen molar-refractivity contribution in [2.75, 3.05) is 5.32 Å². The Morgan fingerprint density at radius 1 is 1.14 bits per heavy atom. The van der Waals surface area contributed by atoms with Gasteiger partial charge in [-0.25, -0.2) is 4.98 Å². The highest BCUT2D eigenvalue weighted by Gasteiger charge is 2.12. The number of aromatic nitrogens is 2. The summed E-state index contributed by atoms with van der Waals surface area (Å²) in [6.07, 6.45) is 0. The number of benzene rings is 2. The van der Waals surface area contributed by atoms with Crippen molar-refractivity contribution in [1.82, 2.24) is 9.97 Å². The molecule has 0 unspecified atom stereocenters. The lowest BCUT2D eigenvalue weighted by molar-refractivity contribution is -0.384. The van der Waals surface area contributed by atoms with Crippen LogP contribution < -0.4 is 5.32 Å². The molecule has 0 amide bonds. The van der Waals surface area contributed by atoms with Crippen molar-refractivity contribution in [3.8, 4) is 0 Å². The number of rotatable bonds is 3. The van der Waals surface area contributed by atoms with E-state index in [1.165, 1.54) is 23.5 Å². The third kappa shape index (κ3) is 2.15. The van der Waals surface area contributed by atoms with Gasteiger partial charge < -0.3 is 4.42 Å². The van der Waals surface area contributed by atoms with Gasteiger partial charge >= 0.3 is 6.01 Å². The largest absolute Gasteiger partial charge is 0.423 e. The van der Waals surface area contributed by atoms with Crippen LogP contribution in [0.4, 0.5) is 16.8 Å². The Labute approximate surface area is 127 Å². The number of nitrogens with one attached hydrogen (secondary N) is 1. The van der Waals surface area contributed by atoms with Crippen molar-refractivity contribution >= 4 is 49.5 Å². The highest BCUT2D eigenvalue weighted by molar-refractivity contribution is 7.22. The molecule has 2 heterocycles. The van der Waals surface area contributed by atoms with Crippen LogP contribution in [0.25, 0.3) is 21.3 Å². The summed E-state index contributed by atoms with van der Waals surface area (Å²) in [7, 11) is 0. The Bertz CT molecular complexity index is 975. The fraction of sp³-hybridized carbons (Fsp3) is 0. The number of fused-ring (bicyclic) bond motifs is 2. The third-order valence-electron chi connectivity index (χ3n) is 3.09. The number of hydrogen-bond acceptors (Lipinski definition) is 7. The predicted molar refractivity (Wildman–Crippen MR) is 83.6 cm³/mol. The van der Waals surface area contributed by atoms with Crippen LogP contribution in [0.5, 0.6) is 0 Å². The Kier molecular flexibility index (Phi) is 2.76. The second-order valence-electron chi connectivity index (χ2n) is 4.54. The summed E-state index contributed by atoms with van der Waals surface area (Å²) >= 11 is 1.31. The molecule has 0 fully saturated rings. The molecule has 2 aromatic heterocycles. The number of nitrogens with zero attached hydrogens (tertiary/aromatic N) is 3. The first-order valence-electron chi connectivity index (χ1n) is 6.37. The predicted octanol–water partition coefficient (Wildman–Crippen LogP) is 4.09. The SMILES string of the molecule is O=[N+]([O-])c1ccc2nc(Nc3nc4ccccc4o3)sc2c1. The van der Waals surface area contributed by atoms with Gasteiger partial charge in [-0.05, 0) is 18.2 Å². The number of non-ortho nitro benzene ring substituents is 1. The number of hydrogen-bond donors (Lipinski definition) is 1. The number of nitro groups is 1. The lowest BCUT2D eigenvalue weighted by Gasteiger charge is -1.92. The van der Waals surface area contributed by atoms with E-state index in [0.29, 0.717) is 22.2 Å². The molecule has 0 radical (unpaired) electrons. The summed E-state index contributed by atoms with van der Waals surface area (Å²) in [5.41, 5.74) is 2.17. The maximum Gasteiger partial charge on any atom is 0.302 e. The first-order valence-corrected chi connectivity index (χ1v) is 7.18. The van der Waals surface area contributed by atoms with E-state index in [0.717, 1.165) is 10.2 Å². The Hall–Kier alpha value is -3.00. The number of anilines is 2. The third-order valence-corrected chi connectivity index (χ3v) is 4.02. The van der Waals surface area contributed by atoms with Crippen LogP contribution in [0.2, 0.25) is 0 Å². The number of nitro benzene ring substituents is 1. The molecule has 0 saturated carbocycles. The molecule has 0 atom stereocenters. The fourth-order valence-electron chi connectivity index (χ4n) is 2.10. The zero-order chi connectivity index (χ0) is 15.1. The van der Waals surface area contributed by atoms with Crippen LogP contribution in [-0.4, -0.2) is 14.9 Å². The van der Waals surface area contributed by atoms with Gasteiger partial charge in [-0.1, -0.05) is 23.5 Å². The zero-order valence-electron chi connectivity index (χ0n) is 11.0. The van der Waals surface area contributed by atoms with E-state index in [4.69, 9.17) is 4.42 Å². The van der Waals surface area contributed by atoms with Gasteiger partial charge in [0.2, 0.25) is 0 Å². The van der Waals surface area contributed by atoms with Crippen molar-refractivity contribution < 1.29 is 9.34 Å². The molecule has 0 aliphatic rings. The van der Waals surface area contributed by atoms with Gasteiger partial charge in [-0.15, -0.1) is 0 Å². The van der Waals surface area contributed by atoms with Crippen LogP contribution in [0, 0.1) is 10.1 Å². The van der Waals surface area contributed by atoms with E-state index in [1.54, 1.807) is 6.07 Å². The summed E-state index contributed by atoms with van der Waals surface area (Å²) in [4.78, 5) is 19.0. The molecular weight excluding hydrogens is 304 g/mol. The topological polar surface area (TPSA) is 94.1 Å². The highest BCUT2D eigenvalue weighted by Crippen LogP contribution is 2.31. The molecule has 0 saturated heterocycles. The molecule has 4 rings (SSSR count). The van der Waals surface area contributed by atoms with Gasteiger partial charge in [-0.3, -0.25) is 15.4 Å². The molecular formula is C14H8N4O3S. The Balaban J connectivity index is 1.70. The summed E-state index contributed by atoms with van der Waals surface area (Å²) in [6.45, 7) is 0. The molecule has 1 N–H and O–H groups in total. The standard InChI is InChI=1S/C14H8N4O3S/c19-18(20)8-5-6-10-12(7-8)22-14(16-10)17-13-15-9-3-1-2-4-11(9)21-13/h1-7H,(H,15,16,17). The zero-order valence-corrected chi connectivity index (χ0v) is 11.8. The highest BCUT2D eigenvalue weighted by atomic mass is 32.1. The minimum atomic E-state index is -0.424. The first-order chi connectivity index (χ1) is 10.7. The number of para-hydroxylation sites is 2. The Morgan fingerprint density at radius 3 is 2.82 bits per heavy atom. The molecule has 2 aromatic carbocycles. The molecule has 4 aromatic rings. The first kappa shape index (κ1) is 12.7. The number of thiazole rings is 1. The van der Waals surface area contributed by atoms with Crippen molar-refractivity contribution in [1.29, 1.82) is 0 Å². The minimum Gasteiger partial charge on any atom is -0.423 e. The number of oxazole rings is 1. The van der Waals surface area contributed by atoms with Gasteiger partial charge in [0.05, 0.1) is 15.1 Å². The van der Waals surface area contributed by atoms with Gasteiger partial charge in [-0.2, -0.15) is 4.98 Å². The van der Waals surface area contributed by atoms with Gasteiger partial charge in [0.1, 0.15) is 5.52 Å². The lowest BCUT2D eigenvalue weighted by atomic mass is 10.3. The van der Waals surface area contributed by atoms with E-state index in [2.05, 4.69) is 15.3 Å². The quantitative estimate of drug-likeness (QED) is 0.452. The summed E-state index contributed by atoms with van der Waals surface area (Å²) in [6, 6.07) is 12.3. The van der Waals surface area contributed by atoms with Crippen molar-refractivity contribution in [3.05, 3.63) is 52.6 Å².